The van der Waals surface area contributed by atoms with Gasteiger partial charge in [-0.05, 0) is 25.2 Å². The number of carboxylic acid groups (broad SMARTS) is 1. The van der Waals surface area contributed by atoms with Crippen LogP contribution in [-0.2, 0) is 14.3 Å². The minimum absolute atomic E-state index is 0.00246. The average Bonchev–Trinajstić information content (AvgIpc) is 2.70. The Labute approximate surface area is 121 Å². The van der Waals surface area contributed by atoms with Gasteiger partial charge in [0.2, 0.25) is 5.91 Å². The predicted molar refractivity (Wildman–Crippen MR) is 76.4 cm³/mol. The molecule has 20 heavy (non-hydrogen) atoms. The molecule has 5 heteroatoms. The monoisotopic (exact) mass is 285 g/mol. The van der Waals surface area contributed by atoms with Crippen LogP contribution in [0.4, 0.5) is 0 Å². The Kier molecular flexibility index (Phi) is 6.46. The number of hydrogen-bond donors (Lipinski definition) is 1. The van der Waals surface area contributed by atoms with Gasteiger partial charge >= 0.3 is 5.97 Å². The third-order valence-electron chi connectivity index (χ3n) is 3.80. The molecule has 1 N–H and O–H groups in total. The molecule has 1 rings (SSSR count). The van der Waals surface area contributed by atoms with E-state index in [2.05, 4.69) is 13.8 Å². The average molecular weight is 285 g/mol. The van der Waals surface area contributed by atoms with Crippen LogP contribution in [0.3, 0.4) is 0 Å². The van der Waals surface area contributed by atoms with Crippen LogP contribution < -0.4 is 0 Å². The lowest BCUT2D eigenvalue weighted by Crippen LogP contribution is -2.31. The van der Waals surface area contributed by atoms with E-state index < -0.39 is 11.9 Å². The van der Waals surface area contributed by atoms with E-state index in [-0.39, 0.29) is 17.9 Å². The van der Waals surface area contributed by atoms with Crippen LogP contribution in [0.2, 0.25) is 0 Å². The summed E-state index contributed by atoms with van der Waals surface area (Å²) in [6, 6.07) is 0. The topological polar surface area (TPSA) is 66.8 Å². The number of carbonyl (C=O) groups is 2. The molecule has 5 nitrogen and oxygen atoms in total. The van der Waals surface area contributed by atoms with E-state index in [1.807, 2.05) is 13.8 Å². The molecule has 3 atom stereocenters. The Morgan fingerprint density at radius 3 is 2.45 bits per heavy atom. The molecule has 1 aliphatic rings. The highest BCUT2D eigenvalue weighted by Crippen LogP contribution is 2.23. The molecule has 0 aromatic rings. The summed E-state index contributed by atoms with van der Waals surface area (Å²) in [5.74, 6) is -0.639. The van der Waals surface area contributed by atoms with Gasteiger partial charge in [-0.1, -0.05) is 20.8 Å². The summed E-state index contributed by atoms with van der Waals surface area (Å²) in [4.78, 5) is 24.7. The van der Waals surface area contributed by atoms with Crippen LogP contribution in [0.25, 0.3) is 0 Å². The molecule has 0 radical (unpaired) electrons. The molecular weight excluding hydrogens is 258 g/mol. The number of carboxylic acids is 1. The van der Waals surface area contributed by atoms with Crippen molar-refractivity contribution in [3.8, 4) is 0 Å². The SMILES string of the molecule is CC(C)CC(C)OCCC(=O)N1C[C@@H](C)[C@H](C(=O)O)C1. The van der Waals surface area contributed by atoms with Crippen molar-refractivity contribution in [1.82, 2.24) is 4.90 Å². The maximum atomic E-state index is 12.0. The molecule has 1 amide bonds. The first-order valence-corrected chi connectivity index (χ1v) is 7.43. The van der Waals surface area contributed by atoms with E-state index >= 15 is 0 Å². The zero-order chi connectivity index (χ0) is 15.3. The number of hydrogen-bond acceptors (Lipinski definition) is 3. The van der Waals surface area contributed by atoms with Gasteiger partial charge in [-0.3, -0.25) is 9.59 Å². The Bertz CT molecular complexity index is 343. The summed E-state index contributed by atoms with van der Waals surface area (Å²) in [7, 11) is 0. The number of rotatable bonds is 7. The predicted octanol–water partition coefficient (Wildman–Crippen LogP) is 2.01. The molecule has 1 aliphatic heterocycles. The van der Waals surface area contributed by atoms with Crippen LogP contribution in [-0.4, -0.2) is 47.7 Å². The van der Waals surface area contributed by atoms with Crippen molar-refractivity contribution in [3.05, 3.63) is 0 Å². The van der Waals surface area contributed by atoms with Gasteiger partial charge in [0.25, 0.3) is 0 Å². The van der Waals surface area contributed by atoms with Crippen LogP contribution in [0, 0.1) is 17.8 Å². The van der Waals surface area contributed by atoms with Gasteiger partial charge in [0.1, 0.15) is 0 Å². The van der Waals surface area contributed by atoms with E-state index in [1.165, 1.54) is 0 Å². The number of amides is 1. The molecule has 0 bridgehead atoms. The first-order valence-electron chi connectivity index (χ1n) is 7.43. The molecule has 1 fully saturated rings. The van der Waals surface area contributed by atoms with Crippen molar-refractivity contribution >= 4 is 11.9 Å². The van der Waals surface area contributed by atoms with E-state index in [0.29, 0.717) is 32.0 Å². The van der Waals surface area contributed by atoms with E-state index in [9.17, 15) is 9.59 Å². The first-order chi connectivity index (χ1) is 9.31. The summed E-state index contributed by atoms with van der Waals surface area (Å²) >= 11 is 0. The molecule has 1 unspecified atom stereocenters. The van der Waals surface area contributed by atoms with Crippen LogP contribution in [0.5, 0.6) is 0 Å². The lowest BCUT2D eigenvalue weighted by molar-refractivity contribution is -0.142. The first kappa shape index (κ1) is 17.0. The van der Waals surface area contributed by atoms with Gasteiger partial charge in [0.05, 0.1) is 25.0 Å². The Hall–Kier alpha value is -1.10. The Morgan fingerprint density at radius 2 is 1.95 bits per heavy atom. The van der Waals surface area contributed by atoms with Gasteiger partial charge in [0.15, 0.2) is 0 Å². The highest BCUT2D eigenvalue weighted by molar-refractivity contribution is 5.79. The molecular formula is C15H27NO4. The van der Waals surface area contributed by atoms with Crippen molar-refractivity contribution < 1.29 is 19.4 Å². The molecule has 0 aromatic heterocycles. The second kappa shape index (κ2) is 7.62. The smallest absolute Gasteiger partial charge is 0.308 e. The Balaban J connectivity index is 2.29. The number of nitrogens with zero attached hydrogens (tertiary/aromatic N) is 1. The fraction of sp³-hybridized carbons (Fsp3) is 0.867. The third kappa shape index (κ3) is 5.12. The number of ether oxygens (including phenoxy) is 1. The maximum Gasteiger partial charge on any atom is 0.308 e. The van der Waals surface area contributed by atoms with Crippen LogP contribution >= 0.6 is 0 Å². The summed E-state index contributed by atoms with van der Waals surface area (Å²) in [5.41, 5.74) is 0. The van der Waals surface area contributed by atoms with Crippen LogP contribution in [0.15, 0.2) is 0 Å². The third-order valence-corrected chi connectivity index (χ3v) is 3.80. The second-order valence-corrected chi connectivity index (χ2v) is 6.28. The number of aliphatic carboxylic acids is 1. The highest BCUT2D eigenvalue weighted by Gasteiger charge is 2.36. The fourth-order valence-corrected chi connectivity index (χ4v) is 2.73. The van der Waals surface area contributed by atoms with Crippen molar-refractivity contribution in [2.75, 3.05) is 19.7 Å². The quantitative estimate of drug-likeness (QED) is 0.777. The van der Waals surface area contributed by atoms with E-state index in [1.54, 1.807) is 4.90 Å². The summed E-state index contributed by atoms with van der Waals surface area (Å²) < 4.78 is 5.62. The van der Waals surface area contributed by atoms with Crippen LogP contribution in [0.1, 0.15) is 40.5 Å². The van der Waals surface area contributed by atoms with Crippen molar-refractivity contribution in [3.63, 3.8) is 0 Å². The van der Waals surface area contributed by atoms with E-state index in [4.69, 9.17) is 9.84 Å². The summed E-state index contributed by atoms with van der Waals surface area (Å²) in [6.45, 7) is 9.46. The maximum absolute atomic E-state index is 12.0. The standard InChI is InChI=1S/C15H27NO4/c1-10(2)7-12(4)20-6-5-14(17)16-8-11(3)13(9-16)15(18)19/h10-13H,5-9H2,1-4H3,(H,18,19)/t11-,12?,13-/m1/s1. The molecule has 1 saturated heterocycles. The normalized spacial score (nSPS) is 24.1. The molecule has 1 heterocycles. The van der Waals surface area contributed by atoms with Crippen molar-refractivity contribution in [1.29, 1.82) is 0 Å². The summed E-state index contributed by atoms with van der Waals surface area (Å²) in [6.07, 6.45) is 1.48. The van der Waals surface area contributed by atoms with Gasteiger partial charge in [-0.25, -0.2) is 0 Å². The fourth-order valence-electron chi connectivity index (χ4n) is 2.73. The second-order valence-electron chi connectivity index (χ2n) is 6.28. The van der Waals surface area contributed by atoms with E-state index in [0.717, 1.165) is 6.42 Å². The van der Waals surface area contributed by atoms with Gasteiger partial charge in [-0.2, -0.15) is 0 Å². The van der Waals surface area contributed by atoms with Gasteiger partial charge in [-0.15, -0.1) is 0 Å². The number of carbonyl (C=O) groups excluding carboxylic acids is 1. The summed E-state index contributed by atoms with van der Waals surface area (Å²) in [5, 5.41) is 9.05. The van der Waals surface area contributed by atoms with Crippen molar-refractivity contribution in [2.45, 2.75) is 46.6 Å². The molecule has 0 saturated carbocycles. The molecule has 0 aliphatic carbocycles. The minimum atomic E-state index is -0.811. The minimum Gasteiger partial charge on any atom is -0.481 e. The van der Waals surface area contributed by atoms with Crippen molar-refractivity contribution in [2.24, 2.45) is 17.8 Å². The highest BCUT2D eigenvalue weighted by atomic mass is 16.5. The van der Waals surface area contributed by atoms with Gasteiger partial charge in [0, 0.05) is 13.1 Å². The molecule has 0 aromatic carbocycles. The number of likely N-dealkylation sites (tertiary alicyclic amines) is 1. The Morgan fingerprint density at radius 1 is 1.30 bits per heavy atom. The zero-order valence-electron chi connectivity index (χ0n) is 13.0. The molecule has 0 spiro atoms. The largest absolute Gasteiger partial charge is 0.481 e. The zero-order valence-corrected chi connectivity index (χ0v) is 13.0. The van der Waals surface area contributed by atoms with Gasteiger partial charge < -0.3 is 14.7 Å². The molecule has 116 valence electrons. The lowest BCUT2D eigenvalue weighted by Gasteiger charge is -2.18. The lowest BCUT2D eigenvalue weighted by atomic mass is 9.99.